The molecule has 0 bridgehead atoms. The summed E-state index contributed by atoms with van der Waals surface area (Å²) < 4.78 is 18.2. The van der Waals surface area contributed by atoms with Crippen molar-refractivity contribution in [2.24, 2.45) is 0 Å². The van der Waals surface area contributed by atoms with Crippen LogP contribution < -0.4 is 4.90 Å². The lowest BCUT2D eigenvalue weighted by molar-refractivity contribution is 0.198. The highest BCUT2D eigenvalue weighted by molar-refractivity contribution is 5.60. The third-order valence-electron chi connectivity index (χ3n) is 4.01. The molecule has 0 saturated carbocycles. The number of halogens is 1. The van der Waals surface area contributed by atoms with Crippen LogP contribution in [0, 0.1) is 5.82 Å². The maximum absolute atomic E-state index is 13.0. The number of aromatic nitrogens is 3. The molecule has 4 rings (SSSR count). The van der Waals surface area contributed by atoms with Gasteiger partial charge >= 0.3 is 0 Å². The van der Waals surface area contributed by atoms with Crippen molar-refractivity contribution in [1.82, 2.24) is 15.1 Å². The molecule has 1 aromatic carbocycles. The summed E-state index contributed by atoms with van der Waals surface area (Å²) in [7, 11) is 0. The predicted molar refractivity (Wildman–Crippen MR) is 85.8 cm³/mol. The number of pyridine rings is 1. The molecule has 0 amide bonds. The fourth-order valence-electron chi connectivity index (χ4n) is 2.71. The Bertz CT molecular complexity index is 833. The molecule has 122 valence electrons. The molecule has 0 spiro atoms. The molecule has 3 heterocycles. The Morgan fingerprint density at radius 2 is 1.92 bits per heavy atom. The molecule has 0 radical (unpaired) electrons. The van der Waals surface area contributed by atoms with Crippen molar-refractivity contribution in [2.45, 2.75) is 12.5 Å². The van der Waals surface area contributed by atoms with Crippen LogP contribution in [0.4, 0.5) is 10.2 Å². The highest BCUT2D eigenvalue weighted by atomic mass is 19.1. The smallest absolute Gasteiger partial charge is 0.259 e. The first-order chi connectivity index (χ1) is 11.7. The molecule has 1 aliphatic heterocycles. The van der Waals surface area contributed by atoms with Crippen molar-refractivity contribution in [1.29, 1.82) is 0 Å². The van der Waals surface area contributed by atoms with E-state index in [4.69, 9.17) is 4.52 Å². The third kappa shape index (κ3) is 2.85. The van der Waals surface area contributed by atoms with Gasteiger partial charge in [-0.25, -0.2) is 9.37 Å². The van der Waals surface area contributed by atoms with E-state index < -0.39 is 0 Å². The SMILES string of the molecule is OC1CCN(c2ccc(-c3nc(-c4ccc(F)cc4)no3)cn2)C1. The minimum Gasteiger partial charge on any atom is -0.391 e. The molecule has 1 N–H and O–H groups in total. The summed E-state index contributed by atoms with van der Waals surface area (Å²) in [5.41, 5.74) is 1.39. The first-order valence-corrected chi connectivity index (χ1v) is 7.68. The first kappa shape index (κ1) is 14.8. The average Bonchev–Trinajstić information content (AvgIpc) is 3.25. The van der Waals surface area contributed by atoms with Gasteiger partial charge in [-0.1, -0.05) is 5.16 Å². The second-order valence-corrected chi connectivity index (χ2v) is 5.72. The molecule has 1 saturated heterocycles. The van der Waals surface area contributed by atoms with Gasteiger partial charge in [0.25, 0.3) is 5.89 Å². The Morgan fingerprint density at radius 3 is 2.58 bits per heavy atom. The van der Waals surface area contributed by atoms with E-state index in [-0.39, 0.29) is 11.9 Å². The molecular formula is C17H15FN4O2. The van der Waals surface area contributed by atoms with Gasteiger partial charge < -0.3 is 14.5 Å². The minimum absolute atomic E-state index is 0.291. The fraction of sp³-hybridized carbons (Fsp3) is 0.235. The van der Waals surface area contributed by atoms with E-state index in [1.807, 2.05) is 17.0 Å². The zero-order valence-corrected chi connectivity index (χ0v) is 12.8. The van der Waals surface area contributed by atoms with Crippen LogP contribution in [0.2, 0.25) is 0 Å². The van der Waals surface area contributed by atoms with Gasteiger partial charge in [-0.05, 0) is 42.8 Å². The third-order valence-corrected chi connectivity index (χ3v) is 4.01. The molecule has 0 aliphatic carbocycles. The normalized spacial score (nSPS) is 17.4. The maximum Gasteiger partial charge on any atom is 0.259 e. The van der Waals surface area contributed by atoms with Crippen LogP contribution in [-0.2, 0) is 0 Å². The Labute approximate surface area is 137 Å². The van der Waals surface area contributed by atoms with E-state index in [9.17, 15) is 9.50 Å². The van der Waals surface area contributed by atoms with Gasteiger partial charge in [-0.2, -0.15) is 4.98 Å². The van der Waals surface area contributed by atoms with Crippen molar-refractivity contribution in [3.05, 3.63) is 48.4 Å². The Balaban J connectivity index is 1.55. The topological polar surface area (TPSA) is 75.3 Å². The number of hydrogen-bond donors (Lipinski definition) is 1. The number of anilines is 1. The predicted octanol–water partition coefficient (Wildman–Crippen LogP) is 2.51. The highest BCUT2D eigenvalue weighted by Gasteiger charge is 2.21. The molecular weight excluding hydrogens is 311 g/mol. The van der Waals surface area contributed by atoms with Gasteiger partial charge in [0.15, 0.2) is 0 Å². The summed E-state index contributed by atoms with van der Waals surface area (Å²) in [5.74, 6) is 1.26. The van der Waals surface area contributed by atoms with Crippen LogP contribution in [0.3, 0.4) is 0 Å². The fourth-order valence-corrected chi connectivity index (χ4v) is 2.71. The summed E-state index contributed by atoms with van der Waals surface area (Å²) in [6.45, 7) is 1.39. The van der Waals surface area contributed by atoms with E-state index >= 15 is 0 Å². The van der Waals surface area contributed by atoms with Crippen molar-refractivity contribution in [3.8, 4) is 22.8 Å². The van der Waals surface area contributed by atoms with Crippen molar-refractivity contribution < 1.29 is 14.0 Å². The van der Waals surface area contributed by atoms with Gasteiger partial charge in [0.1, 0.15) is 11.6 Å². The summed E-state index contributed by atoms with van der Waals surface area (Å²) in [4.78, 5) is 10.8. The maximum atomic E-state index is 13.0. The lowest BCUT2D eigenvalue weighted by Gasteiger charge is -2.16. The number of nitrogens with zero attached hydrogens (tertiary/aromatic N) is 4. The number of β-amino-alcohol motifs (C(OH)–C–C–N with tert-alkyl or cyclic N) is 1. The second-order valence-electron chi connectivity index (χ2n) is 5.72. The van der Waals surface area contributed by atoms with Gasteiger partial charge in [-0.3, -0.25) is 0 Å². The van der Waals surface area contributed by atoms with Crippen molar-refractivity contribution >= 4 is 5.82 Å². The van der Waals surface area contributed by atoms with Crippen LogP contribution in [0.25, 0.3) is 22.8 Å². The summed E-state index contributed by atoms with van der Waals surface area (Å²) in [6.07, 6.45) is 2.14. The summed E-state index contributed by atoms with van der Waals surface area (Å²) in [5, 5.41) is 13.5. The summed E-state index contributed by atoms with van der Waals surface area (Å²) >= 11 is 0. The molecule has 2 aromatic heterocycles. The van der Waals surface area contributed by atoms with Crippen molar-refractivity contribution in [2.75, 3.05) is 18.0 Å². The largest absolute Gasteiger partial charge is 0.391 e. The molecule has 1 atom stereocenters. The van der Waals surface area contributed by atoms with E-state index in [0.717, 1.165) is 18.8 Å². The second kappa shape index (κ2) is 6.01. The Morgan fingerprint density at radius 1 is 1.12 bits per heavy atom. The molecule has 24 heavy (non-hydrogen) atoms. The summed E-state index contributed by atoms with van der Waals surface area (Å²) in [6, 6.07) is 9.64. The molecule has 1 aliphatic rings. The lowest BCUT2D eigenvalue weighted by Crippen LogP contribution is -2.21. The zero-order chi connectivity index (χ0) is 16.5. The molecule has 7 heteroatoms. The van der Waals surface area contributed by atoms with Crippen LogP contribution in [0.1, 0.15) is 6.42 Å². The van der Waals surface area contributed by atoms with Crippen molar-refractivity contribution in [3.63, 3.8) is 0 Å². The molecule has 1 unspecified atom stereocenters. The van der Waals surface area contributed by atoms with Gasteiger partial charge in [0, 0.05) is 24.8 Å². The molecule has 3 aromatic rings. The quantitative estimate of drug-likeness (QED) is 0.797. The number of aliphatic hydroxyl groups excluding tert-OH is 1. The van der Waals surface area contributed by atoms with Crippen LogP contribution in [-0.4, -0.2) is 39.4 Å². The van der Waals surface area contributed by atoms with Gasteiger partial charge in [0.05, 0.1) is 11.7 Å². The number of benzene rings is 1. The number of hydrogen-bond acceptors (Lipinski definition) is 6. The Kier molecular flexibility index (Phi) is 3.70. The Hall–Kier alpha value is -2.80. The standard InChI is InChI=1S/C17H15FN4O2/c18-13-4-1-11(2-5-13)16-20-17(24-21-16)12-3-6-15(19-9-12)22-8-7-14(23)10-22/h1-6,9,14,23H,7-8,10H2. The van der Waals surface area contributed by atoms with E-state index in [2.05, 4.69) is 15.1 Å². The van der Waals surface area contributed by atoms with Gasteiger partial charge in [-0.15, -0.1) is 0 Å². The minimum atomic E-state index is -0.311. The average molecular weight is 326 g/mol. The van der Waals surface area contributed by atoms with Crippen LogP contribution in [0.15, 0.2) is 47.1 Å². The first-order valence-electron chi connectivity index (χ1n) is 7.68. The highest BCUT2D eigenvalue weighted by Crippen LogP contribution is 2.24. The van der Waals surface area contributed by atoms with Crippen LogP contribution in [0.5, 0.6) is 0 Å². The van der Waals surface area contributed by atoms with Crippen LogP contribution >= 0.6 is 0 Å². The molecule has 1 fully saturated rings. The van der Waals surface area contributed by atoms with E-state index in [1.165, 1.54) is 12.1 Å². The zero-order valence-electron chi connectivity index (χ0n) is 12.8. The number of aliphatic hydroxyl groups is 1. The number of rotatable bonds is 3. The van der Waals surface area contributed by atoms with Gasteiger partial charge in [0.2, 0.25) is 5.82 Å². The van der Waals surface area contributed by atoms with E-state index in [1.54, 1.807) is 18.3 Å². The monoisotopic (exact) mass is 326 g/mol. The molecule has 6 nitrogen and oxygen atoms in total. The lowest BCUT2D eigenvalue weighted by atomic mass is 10.2. The van der Waals surface area contributed by atoms with E-state index in [0.29, 0.717) is 29.4 Å².